The van der Waals surface area contributed by atoms with Gasteiger partial charge in [-0.1, -0.05) is 0 Å². The van der Waals surface area contributed by atoms with Gasteiger partial charge in [0.25, 0.3) is 5.91 Å². The molecule has 0 spiro atoms. The van der Waals surface area contributed by atoms with Crippen molar-refractivity contribution in [2.24, 2.45) is 7.05 Å². The third-order valence-electron chi connectivity index (χ3n) is 1.87. The van der Waals surface area contributed by atoms with Crippen LogP contribution in [0.2, 0.25) is 0 Å². The quantitative estimate of drug-likeness (QED) is 0.595. The van der Waals surface area contributed by atoms with Crippen LogP contribution in [-0.4, -0.2) is 40.7 Å². The number of methoxy groups -OCH3 is 1. The van der Waals surface area contributed by atoms with Crippen molar-refractivity contribution < 1.29 is 14.3 Å². The second-order valence-corrected chi connectivity index (χ2v) is 3.63. The fraction of sp³-hybridized carbons (Fsp3) is 0.444. The number of nitrogens with one attached hydrogen (secondary N) is 1. The summed E-state index contributed by atoms with van der Waals surface area (Å²) < 4.78 is 5.92. The SMILES string of the molecule is COC(=O)C(Cl)CNC(=O)c1cnn(C)c1. The number of hydrogen-bond donors (Lipinski definition) is 1. The molecule has 7 heteroatoms. The van der Waals surface area contributed by atoms with Crippen LogP contribution in [0.15, 0.2) is 12.4 Å². The minimum atomic E-state index is -0.884. The molecule has 0 fully saturated rings. The van der Waals surface area contributed by atoms with Crippen molar-refractivity contribution in [3.63, 3.8) is 0 Å². The standard InChI is InChI=1S/C9H12ClN3O3/c1-13-5-6(3-12-13)8(14)11-4-7(10)9(15)16-2/h3,5,7H,4H2,1-2H3,(H,11,14). The van der Waals surface area contributed by atoms with E-state index in [0.717, 1.165) is 0 Å². The lowest BCUT2D eigenvalue weighted by atomic mass is 10.3. The van der Waals surface area contributed by atoms with E-state index in [4.69, 9.17) is 11.6 Å². The maximum absolute atomic E-state index is 11.5. The molecular weight excluding hydrogens is 234 g/mol. The van der Waals surface area contributed by atoms with Gasteiger partial charge in [-0.05, 0) is 0 Å². The average Bonchev–Trinajstić information content (AvgIpc) is 2.71. The van der Waals surface area contributed by atoms with Gasteiger partial charge in [0.1, 0.15) is 5.38 Å². The van der Waals surface area contributed by atoms with E-state index >= 15 is 0 Å². The van der Waals surface area contributed by atoms with Crippen LogP contribution in [0.1, 0.15) is 10.4 Å². The second kappa shape index (κ2) is 5.50. The molecule has 6 nitrogen and oxygen atoms in total. The van der Waals surface area contributed by atoms with Gasteiger partial charge in [0.15, 0.2) is 0 Å². The maximum Gasteiger partial charge on any atom is 0.325 e. The molecule has 16 heavy (non-hydrogen) atoms. The normalized spacial score (nSPS) is 11.9. The summed E-state index contributed by atoms with van der Waals surface area (Å²) in [5.74, 6) is -0.907. The molecule has 1 aromatic rings. The Morgan fingerprint density at radius 1 is 1.69 bits per heavy atom. The van der Waals surface area contributed by atoms with E-state index in [1.807, 2.05) is 0 Å². The van der Waals surface area contributed by atoms with Gasteiger partial charge in [0.2, 0.25) is 0 Å². The molecule has 1 amide bonds. The monoisotopic (exact) mass is 245 g/mol. The smallest absolute Gasteiger partial charge is 0.325 e. The van der Waals surface area contributed by atoms with E-state index in [1.165, 1.54) is 18.0 Å². The number of rotatable bonds is 4. The summed E-state index contributed by atoms with van der Waals surface area (Å²) in [6, 6.07) is 0. The van der Waals surface area contributed by atoms with Gasteiger partial charge >= 0.3 is 5.97 Å². The molecule has 0 saturated carbocycles. The first-order chi connectivity index (χ1) is 7.54. The number of amides is 1. The number of alkyl halides is 1. The molecule has 1 rings (SSSR count). The molecule has 1 N–H and O–H groups in total. The van der Waals surface area contributed by atoms with Crippen molar-refractivity contribution in [3.05, 3.63) is 18.0 Å². The highest BCUT2D eigenvalue weighted by Crippen LogP contribution is 1.99. The highest BCUT2D eigenvalue weighted by Gasteiger charge is 2.17. The summed E-state index contributed by atoms with van der Waals surface area (Å²) in [7, 11) is 2.94. The van der Waals surface area contributed by atoms with Crippen LogP contribution in [-0.2, 0) is 16.6 Å². The lowest BCUT2D eigenvalue weighted by molar-refractivity contribution is -0.140. The van der Waals surface area contributed by atoms with E-state index < -0.39 is 11.3 Å². The van der Waals surface area contributed by atoms with Crippen LogP contribution in [0.4, 0.5) is 0 Å². The summed E-state index contributed by atoms with van der Waals surface area (Å²) in [6.45, 7) is 0.0158. The van der Waals surface area contributed by atoms with Crippen LogP contribution in [0.3, 0.4) is 0 Å². The number of carbonyl (C=O) groups excluding carboxylic acids is 2. The Hall–Kier alpha value is -1.56. The Bertz CT molecular complexity index is 391. The third kappa shape index (κ3) is 3.23. The summed E-state index contributed by atoms with van der Waals surface area (Å²) in [6.07, 6.45) is 2.99. The topological polar surface area (TPSA) is 73.2 Å². The summed E-state index contributed by atoms with van der Waals surface area (Å²) in [4.78, 5) is 22.4. The van der Waals surface area contributed by atoms with Crippen LogP contribution in [0.25, 0.3) is 0 Å². The Kier molecular flexibility index (Phi) is 4.30. The van der Waals surface area contributed by atoms with E-state index in [9.17, 15) is 9.59 Å². The van der Waals surface area contributed by atoms with Gasteiger partial charge in [-0.15, -0.1) is 11.6 Å². The van der Waals surface area contributed by atoms with Crippen molar-refractivity contribution in [1.82, 2.24) is 15.1 Å². The van der Waals surface area contributed by atoms with Crippen LogP contribution < -0.4 is 5.32 Å². The number of nitrogens with zero attached hydrogens (tertiary/aromatic N) is 2. The fourth-order valence-electron chi connectivity index (χ4n) is 1.03. The molecular formula is C9H12ClN3O3. The molecule has 1 atom stereocenters. The zero-order chi connectivity index (χ0) is 12.1. The Balaban J connectivity index is 2.44. The van der Waals surface area contributed by atoms with Gasteiger partial charge in [-0.25, -0.2) is 0 Å². The number of ether oxygens (including phenoxy) is 1. The maximum atomic E-state index is 11.5. The molecule has 0 aliphatic rings. The molecule has 0 aromatic carbocycles. The predicted molar refractivity (Wildman–Crippen MR) is 57.2 cm³/mol. The van der Waals surface area contributed by atoms with Gasteiger partial charge < -0.3 is 10.1 Å². The zero-order valence-corrected chi connectivity index (χ0v) is 9.69. The first-order valence-corrected chi connectivity index (χ1v) is 4.97. The van der Waals surface area contributed by atoms with Crippen LogP contribution in [0, 0.1) is 0 Å². The van der Waals surface area contributed by atoms with Gasteiger partial charge in [-0.3, -0.25) is 14.3 Å². The van der Waals surface area contributed by atoms with Gasteiger partial charge in [0.05, 0.1) is 18.9 Å². The predicted octanol–water partition coefficient (Wildman–Crippen LogP) is -0.0697. The molecule has 0 saturated heterocycles. The highest BCUT2D eigenvalue weighted by molar-refractivity contribution is 6.30. The molecule has 1 unspecified atom stereocenters. The van der Waals surface area contributed by atoms with Crippen molar-refractivity contribution >= 4 is 23.5 Å². The van der Waals surface area contributed by atoms with E-state index in [-0.39, 0.29) is 12.5 Å². The molecule has 1 aromatic heterocycles. The number of carbonyl (C=O) groups is 2. The lowest BCUT2D eigenvalue weighted by Gasteiger charge is -2.07. The Morgan fingerprint density at radius 3 is 2.88 bits per heavy atom. The Labute approximate surface area is 97.5 Å². The fourth-order valence-corrected chi connectivity index (χ4v) is 1.20. The third-order valence-corrected chi connectivity index (χ3v) is 2.20. The van der Waals surface area contributed by atoms with E-state index in [0.29, 0.717) is 5.56 Å². The highest BCUT2D eigenvalue weighted by atomic mass is 35.5. The number of esters is 1. The van der Waals surface area contributed by atoms with Gasteiger partial charge in [-0.2, -0.15) is 5.10 Å². The first-order valence-electron chi connectivity index (χ1n) is 4.53. The molecule has 0 aliphatic carbocycles. The summed E-state index contributed by atoms with van der Waals surface area (Å²) >= 11 is 5.66. The molecule has 88 valence electrons. The van der Waals surface area contributed by atoms with Crippen LogP contribution >= 0.6 is 11.6 Å². The molecule has 0 bridgehead atoms. The number of hydrogen-bond acceptors (Lipinski definition) is 4. The molecule has 1 heterocycles. The van der Waals surface area contributed by atoms with E-state index in [1.54, 1.807) is 13.2 Å². The summed E-state index contributed by atoms with van der Waals surface area (Å²) in [5.41, 5.74) is 0.413. The Morgan fingerprint density at radius 2 is 2.38 bits per heavy atom. The summed E-state index contributed by atoms with van der Waals surface area (Å²) in [5, 5.41) is 5.47. The minimum absolute atomic E-state index is 0.0158. The number of aryl methyl sites for hydroxylation is 1. The van der Waals surface area contributed by atoms with E-state index in [2.05, 4.69) is 15.2 Å². The number of halogens is 1. The van der Waals surface area contributed by atoms with Crippen LogP contribution in [0.5, 0.6) is 0 Å². The average molecular weight is 246 g/mol. The van der Waals surface area contributed by atoms with Crippen molar-refractivity contribution in [3.8, 4) is 0 Å². The molecule has 0 aliphatic heterocycles. The largest absolute Gasteiger partial charge is 0.468 e. The van der Waals surface area contributed by atoms with Crippen molar-refractivity contribution in [1.29, 1.82) is 0 Å². The molecule has 0 radical (unpaired) electrons. The van der Waals surface area contributed by atoms with Crippen molar-refractivity contribution in [2.45, 2.75) is 5.38 Å². The van der Waals surface area contributed by atoms with Crippen molar-refractivity contribution in [2.75, 3.05) is 13.7 Å². The first kappa shape index (κ1) is 12.5. The van der Waals surface area contributed by atoms with Gasteiger partial charge in [0, 0.05) is 19.8 Å². The zero-order valence-electron chi connectivity index (χ0n) is 8.94. The second-order valence-electron chi connectivity index (χ2n) is 3.10. The lowest BCUT2D eigenvalue weighted by Crippen LogP contribution is -2.34. The minimum Gasteiger partial charge on any atom is -0.468 e. The number of aromatic nitrogens is 2.